The summed E-state index contributed by atoms with van der Waals surface area (Å²) < 4.78 is 26.9. The van der Waals surface area contributed by atoms with Gasteiger partial charge in [-0.2, -0.15) is 0 Å². The normalized spacial score (nSPS) is 12.0. The van der Waals surface area contributed by atoms with Crippen molar-refractivity contribution >= 4 is 26.7 Å². The van der Waals surface area contributed by atoms with Gasteiger partial charge in [0.15, 0.2) is 0 Å². The molecule has 7 heteroatoms. The van der Waals surface area contributed by atoms with E-state index in [0.717, 1.165) is 5.39 Å². The molecular formula is C13H18N4O2S. The van der Waals surface area contributed by atoms with Crippen LogP contribution in [0, 0.1) is 5.92 Å². The highest BCUT2D eigenvalue weighted by molar-refractivity contribution is 7.89. The maximum Gasteiger partial charge on any atom is 0.240 e. The van der Waals surface area contributed by atoms with Gasteiger partial charge >= 0.3 is 0 Å². The summed E-state index contributed by atoms with van der Waals surface area (Å²) in [5.41, 5.74) is 3.14. The number of hydrogen-bond donors (Lipinski definition) is 3. The summed E-state index contributed by atoms with van der Waals surface area (Å²) in [5.74, 6) is 6.08. The fraction of sp³-hybridized carbons (Fsp3) is 0.308. The number of fused-ring (bicyclic) bond motifs is 1. The van der Waals surface area contributed by atoms with Crippen LogP contribution in [0.25, 0.3) is 10.9 Å². The first-order valence-electron chi connectivity index (χ1n) is 6.29. The van der Waals surface area contributed by atoms with Crippen molar-refractivity contribution in [2.24, 2.45) is 11.8 Å². The SMILES string of the molecule is CC(C)CNS(=O)(=O)c1ccc2nc(NN)ccc2c1. The predicted molar refractivity (Wildman–Crippen MR) is 79.6 cm³/mol. The van der Waals surface area contributed by atoms with Crippen molar-refractivity contribution in [3.8, 4) is 0 Å². The van der Waals surface area contributed by atoms with Crippen LogP contribution >= 0.6 is 0 Å². The minimum Gasteiger partial charge on any atom is -0.308 e. The molecule has 0 radical (unpaired) electrons. The molecule has 0 unspecified atom stereocenters. The van der Waals surface area contributed by atoms with Crippen LogP contribution in [0.2, 0.25) is 0 Å². The van der Waals surface area contributed by atoms with E-state index in [1.165, 1.54) is 6.07 Å². The monoisotopic (exact) mass is 294 g/mol. The molecule has 6 nitrogen and oxygen atoms in total. The number of anilines is 1. The van der Waals surface area contributed by atoms with Gasteiger partial charge in [0.05, 0.1) is 10.4 Å². The highest BCUT2D eigenvalue weighted by Gasteiger charge is 2.14. The molecule has 0 saturated heterocycles. The standard InChI is InChI=1S/C13H18N4O2S/c1-9(2)8-15-20(18,19)11-4-5-12-10(7-11)3-6-13(16-12)17-14/h3-7,9,15H,8,14H2,1-2H3,(H,16,17). The first kappa shape index (κ1) is 14.7. The summed E-state index contributed by atoms with van der Waals surface area (Å²) >= 11 is 0. The molecule has 1 heterocycles. The van der Waals surface area contributed by atoms with Gasteiger partial charge in [-0.1, -0.05) is 13.8 Å². The summed E-state index contributed by atoms with van der Waals surface area (Å²) in [5, 5.41) is 0.747. The second kappa shape index (κ2) is 5.74. The van der Waals surface area contributed by atoms with E-state index < -0.39 is 10.0 Å². The number of aromatic nitrogens is 1. The molecule has 2 rings (SSSR count). The summed E-state index contributed by atoms with van der Waals surface area (Å²) in [6.07, 6.45) is 0. The Hall–Kier alpha value is -1.70. The van der Waals surface area contributed by atoms with Gasteiger partial charge in [0.25, 0.3) is 0 Å². The van der Waals surface area contributed by atoms with Crippen molar-refractivity contribution < 1.29 is 8.42 Å². The van der Waals surface area contributed by atoms with Gasteiger partial charge in [0.1, 0.15) is 5.82 Å². The van der Waals surface area contributed by atoms with Crippen LogP contribution in [0.4, 0.5) is 5.82 Å². The molecule has 0 aliphatic rings. The molecule has 108 valence electrons. The first-order chi connectivity index (χ1) is 9.42. The third-order valence-corrected chi connectivity index (χ3v) is 4.22. The van der Waals surface area contributed by atoms with Crippen LogP contribution in [0.15, 0.2) is 35.2 Å². The molecule has 0 spiro atoms. The van der Waals surface area contributed by atoms with Crippen LogP contribution < -0.4 is 16.0 Å². The van der Waals surface area contributed by atoms with E-state index in [9.17, 15) is 8.42 Å². The van der Waals surface area contributed by atoms with E-state index in [-0.39, 0.29) is 10.8 Å². The average molecular weight is 294 g/mol. The number of nitrogen functional groups attached to an aromatic ring is 1. The van der Waals surface area contributed by atoms with E-state index in [2.05, 4.69) is 15.1 Å². The van der Waals surface area contributed by atoms with Crippen molar-refractivity contribution in [1.29, 1.82) is 0 Å². The van der Waals surface area contributed by atoms with E-state index >= 15 is 0 Å². The Balaban J connectivity index is 2.36. The molecule has 0 saturated carbocycles. The third kappa shape index (κ3) is 3.24. The Morgan fingerprint density at radius 1 is 1.25 bits per heavy atom. The lowest BCUT2D eigenvalue weighted by Crippen LogP contribution is -2.27. The number of hydrazine groups is 1. The van der Waals surface area contributed by atoms with Crippen molar-refractivity contribution in [3.05, 3.63) is 30.3 Å². The molecule has 0 bridgehead atoms. The molecule has 0 aliphatic carbocycles. The molecule has 1 aromatic heterocycles. The van der Waals surface area contributed by atoms with Crippen LogP contribution in [0.1, 0.15) is 13.8 Å². The zero-order chi connectivity index (χ0) is 14.8. The lowest BCUT2D eigenvalue weighted by Gasteiger charge is -2.09. The number of nitrogens with zero attached hydrogens (tertiary/aromatic N) is 1. The number of pyridine rings is 1. The highest BCUT2D eigenvalue weighted by Crippen LogP contribution is 2.19. The van der Waals surface area contributed by atoms with Crippen molar-refractivity contribution in [2.75, 3.05) is 12.0 Å². The van der Waals surface area contributed by atoms with E-state index in [0.29, 0.717) is 17.9 Å². The quantitative estimate of drug-likeness (QED) is 0.573. The van der Waals surface area contributed by atoms with Crippen molar-refractivity contribution in [1.82, 2.24) is 9.71 Å². The second-order valence-electron chi connectivity index (χ2n) is 4.94. The smallest absolute Gasteiger partial charge is 0.240 e. The molecule has 0 amide bonds. The van der Waals surface area contributed by atoms with Crippen LogP contribution in [-0.2, 0) is 10.0 Å². The van der Waals surface area contributed by atoms with Crippen molar-refractivity contribution in [3.63, 3.8) is 0 Å². The number of benzene rings is 1. The number of sulfonamides is 1. The van der Waals surface area contributed by atoms with E-state index in [1.807, 2.05) is 13.8 Å². The lowest BCUT2D eigenvalue weighted by molar-refractivity contribution is 0.560. The maximum atomic E-state index is 12.1. The zero-order valence-corrected chi connectivity index (χ0v) is 12.2. The molecule has 1 aromatic carbocycles. The molecule has 4 N–H and O–H groups in total. The van der Waals surface area contributed by atoms with Crippen LogP contribution in [0.5, 0.6) is 0 Å². The number of rotatable bonds is 5. The Bertz CT molecular complexity index is 713. The lowest BCUT2D eigenvalue weighted by atomic mass is 10.2. The van der Waals surface area contributed by atoms with Gasteiger partial charge in [0, 0.05) is 11.9 Å². The molecule has 20 heavy (non-hydrogen) atoms. The van der Waals surface area contributed by atoms with Crippen molar-refractivity contribution in [2.45, 2.75) is 18.7 Å². The number of nitrogens with one attached hydrogen (secondary N) is 2. The first-order valence-corrected chi connectivity index (χ1v) is 7.78. The van der Waals surface area contributed by atoms with Crippen LogP contribution in [-0.4, -0.2) is 19.9 Å². The maximum absolute atomic E-state index is 12.1. The van der Waals surface area contributed by atoms with Gasteiger partial charge in [-0.15, -0.1) is 0 Å². The topological polar surface area (TPSA) is 97.1 Å². The van der Waals surface area contributed by atoms with Gasteiger partial charge in [0.2, 0.25) is 10.0 Å². The van der Waals surface area contributed by atoms with E-state index in [1.54, 1.807) is 24.3 Å². The Morgan fingerprint density at radius 2 is 2.00 bits per heavy atom. The Kier molecular flexibility index (Phi) is 4.22. The largest absolute Gasteiger partial charge is 0.308 e. The summed E-state index contributed by atoms with van der Waals surface area (Å²) in [4.78, 5) is 4.48. The summed E-state index contributed by atoms with van der Waals surface area (Å²) in [6.45, 7) is 4.32. The Morgan fingerprint density at radius 3 is 2.65 bits per heavy atom. The fourth-order valence-corrected chi connectivity index (χ4v) is 2.96. The second-order valence-corrected chi connectivity index (χ2v) is 6.71. The molecule has 2 aromatic rings. The molecule has 0 aliphatic heterocycles. The Labute approximate surface area is 118 Å². The predicted octanol–water partition coefficient (Wildman–Crippen LogP) is 1.45. The van der Waals surface area contributed by atoms with E-state index in [4.69, 9.17) is 5.84 Å². The molecular weight excluding hydrogens is 276 g/mol. The van der Waals surface area contributed by atoms with Gasteiger partial charge < -0.3 is 5.43 Å². The number of hydrogen-bond acceptors (Lipinski definition) is 5. The fourth-order valence-electron chi connectivity index (χ4n) is 1.71. The zero-order valence-electron chi connectivity index (χ0n) is 11.4. The van der Waals surface area contributed by atoms with Gasteiger partial charge in [-0.25, -0.2) is 24.0 Å². The highest BCUT2D eigenvalue weighted by atomic mass is 32.2. The summed E-state index contributed by atoms with van der Waals surface area (Å²) in [6, 6.07) is 8.28. The third-order valence-electron chi connectivity index (χ3n) is 2.80. The molecule has 0 fully saturated rings. The minimum atomic E-state index is -3.48. The minimum absolute atomic E-state index is 0.237. The summed E-state index contributed by atoms with van der Waals surface area (Å²) in [7, 11) is -3.48. The van der Waals surface area contributed by atoms with Gasteiger partial charge in [-0.05, 0) is 36.2 Å². The number of nitrogens with two attached hydrogens (primary N) is 1. The van der Waals surface area contributed by atoms with Gasteiger partial charge in [-0.3, -0.25) is 0 Å². The van der Waals surface area contributed by atoms with Crippen LogP contribution in [0.3, 0.4) is 0 Å². The molecule has 0 atom stereocenters. The average Bonchev–Trinajstić information content (AvgIpc) is 2.44.